The molecule has 0 spiro atoms. The van der Waals surface area contributed by atoms with Crippen LogP contribution in [0.4, 0.5) is 4.39 Å². The molecule has 7 heteroatoms. The fraction of sp³-hybridized carbons (Fsp3) is 0.364. The lowest BCUT2D eigenvalue weighted by Gasteiger charge is -2.05. The van der Waals surface area contributed by atoms with Crippen molar-refractivity contribution in [2.24, 2.45) is 0 Å². The first-order valence-corrected chi connectivity index (χ1v) is 5.58. The van der Waals surface area contributed by atoms with Crippen molar-refractivity contribution >= 4 is 23.5 Å². The number of aromatic nitrogens is 1. The van der Waals surface area contributed by atoms with Gasteiger partial charge < -0.3 is 10.1 Å². The van der Waals surface area contributed by atoms with Gasteiger partial charge in [0.1, 0.15) is 11.0 Å². The zero-order chi connectivity index (χ0) is 13.5. The van der Waals surface area contributed by atoms with Gasteiger partial charge in [0, 0.05) is 13.0 Å². The predicted octanol–water partition coefficient (Wildman–Crippen LogP) is 1.56. The Bertz CT molecular complexity index is 454. The standard InChI is InChI=1S/C11H12ClFN2O3/c1-18-9(16)3-2-4-14-11(17)8-5-7(13)6-15-10(8)12/h5-6H,2-4H2,1H3,(H,14,17). The molecule has 98 valence electrons. The lowest BCUT2D eigenvalue weighted by atomic mass is 10.2. The summed E-state index contributed by atoms with van der Waals surface area (Å²) in [7, 11) is 1.29. The van der Waals surface area contributed by atoms with E-state index in [1.165, 1.54) is 7.11 Å². The van der Waals surface area contributed by atoms with E-state index in [0.717, 1.165) is 12.3 Å². The number of rotatable bonds is 5. The summed E-state index contributed by atoms with van der Waals surface area (Å²) in [5.41, 5.74) is -0.0327. The van der Waals surface area contributed by atoms with Crippen LogP contribution in [0.2, 0.25) is 5.15 Å². The van der Waals surface area contributed by atoms with E-state index < -0.39 is 11.7 Å². The van der Waals surface area contributed by atoms with Gasteiger partial charge in [-0.2, -0.15) is 0 Å². The number of carbonyl (C=O) groups excluding carboxylic acids is 2. The third kappa shape index (κ3) is 4.29. The summed E-state index contributed by atoms with van der Waals surface area (Å²) in [5, 5.41) is 2.44. The van der Waals surface area contributed by atoms with E-state index in [9.17, 15) is 14.0 Å². The number of amides is 1. The third-order valence-corrected chi connectivity index (χ3v) is 2.42. The first kappa shape index (κ1) is 14.4. The van der Waals surface area contributed by atoms with Crippen LogP contribution in [-0.2, 0) is 9.53 Å². The molecule has 1 amide bonds. The van der Waals surface area contributed by atoms with Crippen molar-refractivity contribution in [3.05, 3.63) is 28.8 Å². The summed E-state index contributed by atoms with van der Waals surface area (Å²) in [6.07, 6.45) is 1.56. The molecule has 1 heterocycles. The Kier molecular flexibility index (Phi) is 5.51. The number of nitrogens with zero attached hydrogens (tertiary/aromatic N) is 1. The summed E-state index contributed by atoms with van der Waals surface area (Å²) in [6, 6.07) is 1.00. The van der Waals surface area contributed by atoms with Gasteiger partial charge in [-0.15, -0.1) is 0 Å². The van der Waals surface area contributed by atoms with Crippen LogP contribution in [0.25, 0.3) is 0 Å². The van der Waals surface area contributed by atoms with E-state index in [0.29, 0.717) is 6.42 Å². The first-order valence-electron chi connectivity index (χ1n) is 5.20. The molecule has 0 radical (unpaired) electrons. The Morgan fingerprint density at radius 3 is 2.94 bits per heavy atom. The normalized spacial score (nSPS) is 9.94. The molecule has 5 nitrogen and oxygen atoms in total. The lowest BCUT2D eigenvalue weighted by molar-refractivity contribution is -0.140. The van der Waals surface area contributed by atoms with Crippen molar-refractivity contribution in [2.75, 3.05) is 13.7 Å². The largest absolute Gasteiger partial charge is 0.469 e. The molecule has 0 fully saturated rings. The van der Waals surface area contributed by atoms with Gasteiger partial charge in [-0.3, -0.25) is 9.59 Å². The maximum absolute atomic E-state index is 12.9. The van der Waals surface area contributed by atoms with Crippen molar-refractivity contribution < 1.29 is 18.7 Å². The minimum absolute atomic E-state index is 0.0327. The molecule has 0 saturated carbocycles. The van der Waals surface area contributed by atoms with Gasteiger partial charge in [0.25, 0.3) is 5.91 Å². The van der Waals surface area contributed by atoms with Crippen molar-refractivity contribution in [1.82, 2.24) is 10.3 Å². The number of esters is 1. The van der Waals surface area contributed by atoms with Gasteiger partial charge in [-0.25, -0.2) is 9.37 Å². The molecule has 0 atom stereocenters. The molecule has 0 aromatic carbocycles. The topological polar surface area (TPSA) is 68.3 Å². The molecule has 0 unspecified atom stereocenters. The molecule has 0 aliphatic heterocycles. The number of nitrogens with one attached hydrogen (secondary N) is 1. The van der Waals surface area contributed by atoms with Crippen LogP contribution < -0.4 is 5.32 Å². The van der Waals surface area contributed by atoms with Gasteiger partial charge in [0.15, 0.2) is 0 Å². The van der Waals surface area contributed by atoms with Crippen LogP contribution in [0.3, 0.4) is 0 Å². The van der Waals surface area contributed by atoms with Gasteiger partial charge in [-0.05, 0) is 12.5 Å². The van der Waals surface area contributed by atoms with E-state index in [1.807, 2.05) is 0 Å². The van der Waals surface area contributed by atoms with E-state index in [4.69, 9.17) is 11.6 Å². The quantitative estimate of drug-likeness (QED) is 0.503. The third-order valence-electron chi connectivity index (χ3n) is 2.12. The highest BCUT2D eigenvalue weighted by molar-refractivity contribution is 6.32. The van der Waals surface area contributed by atoms with Crippen LogP contribution in [0.5, 0.6) is 0 Å². The zero-order valence-corrected chi connectivity index (χ0v) is 10.5. The van der Waals surface area contributed by atoms with Crippen LogP contribution in [-0.4, -0.2) is 30.5 Å². The number of pyridine rings is 1. The number of carbonyl (C=O) groups is 2. The Morgan fingerprint density at radius 1 is 1.56 bits per heavy atom. The lowest BCUT2D eigenvalue weighted by Crippen LogP contribution is -2.25. The summed E-state index contributed by atoms with van der Waals surface area (Å²) >= 11 is 5.66. The Balaban J connectivity index is 2.46. The van der Waals surface area contributed by atoms with E-state index in [2.05, 4.69) is 15.0 Å². The summed E-state index contributed by atoms with van der Waals surface area (Å²) < 4.78 is 17.3. The molecule has 1 aromatic rings. The van der Waals surface area contributed by atoms with E-state index in [1.54, 1.807) is 0 Å². The number of hydrogen-bond donors (Lipinski definition) is 1. The molecule has 18 heavy (non-hydrogen) atoms. The smallest absolute Gasteiger partial charge is 0.305 e. The molecular weight excluding hydrogens is 263 g/mol. The second kappa shape index (κ2) is 6.90. The van der Waals surface area contributed by atoms with Gasteiger partial charge in [0.05, 0.1) is 18.9 Å². The number of halogens is 2. The van der Waals surface area contributed by atoms with Crippen molar-refractivity contribution in [3.63, 3.8) is 0 Å². The van der Waals surface area contributed by atoms with Crippen LogP contribution in [0.15, 0.2) is 12.3 Å². The van der Waals surface area contributed by atoms with Crippen LogP contribution >= 0.6 is 11.6 Å². The van der Waals surface area contributed by atoms with Crippen LogP contribution in [0, 0.1) is 5.82 Å². The van der Waals surface area contributed by atoms with Crippen molar-refractivity contribution in [2.45, 2.75) is 12.8 Å². The monoisotopic (exact) mass is 274 g/mol. The van der Waals surface area contributed by atoms with Crippen molar-refractivity contribution in [3.8, 4) is 0 Å². The highest BCUT2D eigenvalue weighted by Crippen LogP contribution is 2.13. The maximum Gasteiger partial charge on any atom is 0.305 e. The minimum Gasteiger partial charge on any atom is -0.469 e. The average Bonchev–Trinajstić information content (AvgIpc) is 2.36. The Hall–Kier alpha value is -1.69. The molecule has 1 aromatic heterocycles. The SMILES string of the molecule is COC(=O)CCCNC(=O)c1cc(F)cnc1Cl. The Morgan fingerprint density at radius 2 is 2.28 bits per heavy atom. The minimum atomic E-state index is -0.640. The maximum atomic E-state index is 12.9. The molecule has 0 bridgehead atoms. The summed E-state index contributed by atoms with van der Waals surface area (Å²) in [4.78, 5) is 25.9. The molecule has 0 aliphatic carbocycles. The Labute approximate surface area is 108 Å². The molecule has 1 N–H and O–H groups in total. The summed E-state index contributed by atoms with van der Waals surface area (Å²) in [5.74, 6) is -1.52. The van der Waals surface area contributed by atoms with Gasteiger partial charge in [-0.1, -0.05) is 11.6 Å². The highest BCUT2D eigenvalue weighted by atomic mass is 35.5. The fourth-order valence-corrected chi connectivity index (χ4v) is 1.40. The average molecular weight is 275 g/mol. The zero-order valence-electron chi connectivity index (χ0n) is 9.70. The number of ether oxygens (including phenoxy) is 1. The number of hydrogen-bond acceptors (Lipinski definition) is 4. The molecule has 0 aliphatic rings. The predicted molar refractivity (Wildman–Crippen MR) is 62.8 cm³/mol. The molecular formula is C11H12ClFN2O3. The molecule has 0 saturated heterocycles. The van der Waals surface area contributed by atoms with Gasteiger partial charge in [0.2, 0.25) is 0 Å². The number of methoxy groups -OCH3 is 1. The fourth-order valence-electron chi connectivity index (χ4n) is 1.21. The van der Waals surface area contributed by atoms with E-state index in [-0.39, 0.29) is 29.7 Å². The second-order valence-electron chi connectivity index (χ2n) is 3.43. The van der Waals surface area contributed by atoms with E-state index >= 15 is 0 Å². The van der Waals surface area contributed by atoms with Gasteiger partial charge >= 0.3 is 5.97 Å². The first-order chi connectivity index (χ1) is 8.54. The second-order valence-corrected chi connectivity index (χ2v) is 3.79. The summed E-state index contributed by atoms with van der Waals surface area (Å²) in [6.45, 7) is 0.265. The van der Waals surface area contributed by atoms with Crippen LogP contribution in [0.1, 0.15) is 23.2 Å². The molecule has 1 rings (SSSR count). The van der Waals surface area contributed by atoms with Crippen molar-refractivity contribution in [1.29, 1.82) is 0 Å². The highest BCUT2D eigenvalue weighted by Gasteiger charge is 2.12.